The van der Waals surface area contributed by atoms with E-state index in [2.05, 4.69) is 40.5 Å². The van der Waals surface area contributed by atoms with Crippen molar-refractivity contribution < 1.29 is 22.5 Å². The van der Waals surface area contributed by atoms with Crippen molar-refractivity contribution in [1.29, 1.82) is 0 Å². The number of nitrogens with one attached hydrogen (secondary N) is 1. The lowest BCUT2D eigenvalue weighted by Gasteiger charge is -2.14. The van der Waals surface area contributed by atoms with Crippen LogP contribution in [0, 0.1) is 5.82 Å². The van der Waals surface area contributed by atoms with Gasteiger partial charge in [-0.2, -0.15) is 13.1 Å². The van der Waals surface area contributed by atoms with E-state index in [9.17, 15) is 22.8 Å². The summed E-state index contributed by atoms with van der Waals surface area (Å²) in [6.07, 6.45) is 1.50. The van der Waals surface area contributed by atoms with E-state index < -0.39 is 27.3 Å². The van der Waals surface area contributed by atoms with E-state index in [0.29, 0.717) is 19.3 Å². The van der Waals surface area contributed by atoms with Crippen LogP contribution in [0.2, 0.25) is 0 Å². The third-order valence-electron chi connectivity index (χ3n) is 4.41. The lowest BCUT2D eigenvalue weighted by molar-refractivity contribution is 0.319. The second-order valence-electron chi connectivity index (χ2n) is 6.60. The molecule has 0 amide bonds. The van der Waals surface area contributed by atoms with E-state index in [-0.39, 0.29) is 34.1 Å². The molecule has 12 nitrogen and oxygen atoms in total. The number of aliphatic imine (C=N–C) groups is 1. The number of hydrogen-bond donors (Lipinski definition) is 4. The van der Waals surface area contributed by atoms with Gasteiger partial charge in [-0.3, -0.25) is 9.52 Å². The lowest BCUT2D eigenvalue weighted by Crippen LogP contribution is -2.41. The monoisotopic (exact) mass is 505 g/mol. The van der Waals surface area contributed by atoms with Crippen molar-refractivity contribution in [3.8, 4) is 5.69 Å². The second-order valence-corrected chi connectivity index (χ2v) is 8.75. The van der Waals surface area contributed by atoms with Crippen molar-refractivity contribution in [2.45, 2.75) is 24.8 Å². The van der Waals surface area contributed by atoms with Gasteiger partial charge in [0.25, 0.3) is 10.2 Å². The molecule has 0 aliphatic heterocycles. The van der Waals surface area contributed by atoms with E-state index >= 15 is 0 Å². The Kier molecular flexibility index (Phi) is 6.07. The van der Waals surface area contributed by atoms with Gasteiger partial charge in [0.05, 0.1) is 10.2 Å². The Morgan fingerprint density at radius 3 is 2.73 bits per heavy atom. The summed E-state index contributed by atoms with van der Waals surface area (Å²) in [6, 6.07) is 3.71. The summed E-state index contributed by atoms with van der Waals surface area (Å²) < 4.78 is 43.9. The van der Waals surface area contributed by atoms with Crippen LogP contribution in [0.1, 0.15) is 25.1 Å². The highest BCUT2D eigenvalue weighted by Crippen LogP contribution is 2.39. The highest BCUT2D eigenvalue weighted by atomic mass is 79.9. The molecule has 1 heterocycles. The first kappa shape index (κ1) is 22.1. The molecule has 1 saturated carbocycles. The fourth-order valence-corrected chi connectivity index (χ4v) is 4.06. The molecule has 0 atom stereocenters. The maximum atomic E-state index is 13.5. The Hall–Kier alpha value is -2.62. The average molecular weight is 506 g/mol. The number of benzene rings is 1. The standard InChI is InChI=1S/C15H17BrFN7O5S/c16-9-7-8(1-2-10(9)17)24-13(22-29-14(24)25)11(21-26)12(18)20-6-5-15(3-4-15)23-30(19,27)28/h1-2,7,23,26H,3-6H2,(H2,18,20)(H2,19,27,28)/b21-11+. The quantitative estimate of drug-likeness (QED) is 0.167. The first-order valence-electron chi connectivity index (χ1n) is 8.44. The molecule has 6 N–H and O–H groups in total. The van der Waals surface area contributed by atoms with E-state index in [1.165, 1.54) is 12.1 Å². The maximum absolute atomic E-state index is 13.5. The van der Waals surface area contributed by atoms with E-state index in [4.69, 9.17) is 10.9 Å². The largest absolute Gasteiger partial charge is 0.446 e. The molecule has 2 aromatic rings. The van der Waals surface area contributed by atoms with Crippen molar-refractivity contribution in [1.82, 2.24) is 14.4 Å². The zero-order valence-electron chi connectivity index (χ0n) is 15.2. The molecule has 1 aromatic carbocycles. The molecule has 1 aliphatic carbocycles. The molecule has 1 aromatic heterocycles. The summed E-state index contributed by atoms with van der Waals surface area (Å²) in [4.78, 5) is 16.2. The third-order valence-corrected chi connectivity index (χ3v) is 5.73. The number of rotatable bonds is 8. The van der Waals surface area contributed by atoms with E-state index in [0.717, 1.165) is 10.6 Å². The molecule has 3 rings (SSSR count). The van der Waals surface area contributed by atoms with Gasteiger partial charge < -0.3 is 10.9 Å². The predicted octanol–water partition coefficient (Wildman–Crippen LogP) is -0.0216. The van der Waals surface area contributed by atoms with Gasteiger partial charge in [0.2, 0.25) is 5.82 Å². The Labute approximate surface area is 177 Å². The SMILES string of the molecule is NC(=NCCC1(NS(N)(=O)=O)CC1)/C(=N\O)c1noc(=O)n1-c1ccc(F)c(Br)c1. The van der Waals surface area contributed by atoms with E-state index in [1.807, 2.05) is 0 Å². The number of nitrogens with zero attached hydrogens (tertiary/aromatic N) is 4. The van der Waals surface area contributed by atoms with E-state index in [1.54, 1.807) is 0 Å². The highest BCUT2D eigenvalue weighted by molar-refractivity contribution is 9.10. The summed E-state index contributed by atoms with van der Waals surface area (Å²) in [5.41, 5.74) is 5.02. The average Bonchev–Trinajstić information content (AvgIpc) is 3.29. The first-order chi connectivity index (χ1) is 14.1. The Balaban J connectivity index is 1.84. The Bertz CT molecular complexity index is 1190. The number of hydrogen-bond acceptors (Lipinski definition) is 8. The number of oxime groups is 1. The van der Waals surface area contributed by atoms with Gasteiger partial charge >= 0.3 is 5.76 Å². The maximum Gasteiger partial charge on any atom is 0.446 e. The number of halogens is 2. The zero-order valence-corrected chi connectivity index (χ0v) is 17.7. The number of nitrogens with two attached hydrogens (primary N) is 2. The minimum Gasteiger partial charge on any atom is -0.410 e. The molecule has 0 radical (unpaired) electrons. The second kappa shape index (κ2) is 8.25. The van der Waals surface area contributed by atoms with Crippen LogP contribution in [-0.2, 0) is 10.2 Å². The van der Waals surface area contributed by atoms with Crippen LogP contribution in [-0.4, -0.2) is 47.0 Å². The first-order valence-corrected chi connectivity index (χ1v) is 10.8. The number of aromatic nitrogens is 2. The number of amidine groups is 1. The lowest BCUT2D eigenvalue weighted by atomic mass is 10.2. The van der Waals surface area contributed by atoms with Crippen LogP contribution in [0.25, 0.3) is 5.69 Å². The molecule has 30 heavy (non-hydrogen) atoms. The van der Waals surface area contributed by atoms with Crippen LogP contribution in [0.5, 0.6) is 0 Å². The Morgan fingerprint density at radius 2 is 2.17 bits per heavy atom. The molecular weight excluding hydrogens is 489 g/mol. The smallest absolute Gasteiger partial charge is 0.410 e. The van der Waals surface area contributed by atoms with Crippen molar-refractivity contribution in [3.05, 3.63) is 44.9 Å². The van der Waals surface area contributed by atoms with Crippen molar-refractivity contribution in [2.75, 3.05) is 6.54 Å². The van der Waals surface area contributed by atoms with Crippen LogP contribution in [0.15, 0.2) is 42.1 Å². The Morgan fingerprint density at radius 1 is 1.47 bits per heavy atom. The normalized spacial score (nSPS) is 16.6. The molecule has 0 spiro atoms. The predicted molar refractivity (Wildman–Crippen MR) is 107 cm³/mol. The van der Waals surface area contributed by atoms with Gasteiger partial charge in [0.15, 0.2) is 11.5 Å². The van der Waals surface area contributed by atoms with Gasteiger partial charge in [0, 0.05) is 12.1 Å². The summed E-state index contributed by atoms with van der Waals surface area (Å²) >= 11 is 3.02. The van der Waals surface area contributed by atoms with Gasteiger partial charge in [-0.15, -0.1) is 0 Å². The third kappa shape index (κ3) is 4.92. The van der Waals surface area contributed by atoms with Gasteiger partial charge in [-0.25, -0.2) is 18.9 Å². The highest BCUT2D eigenvalue weighted by Gasteiger charge is 2.44. The van der Waals surface area contributed by atoms with Crippen molar-refractivity contribution >= 4 is 37.7 Å². The molecule has 162 valence electrons. The molecule has 1 aliphatic rings. The molecule has 0 saturated heterocycles. The van der Waals surface area contributed by atoms with Crippen LogP contribution < -0.4 is 21.4 Å². The summed E-state index contributed by atoms with van der Waals surface area (Å²) in [5.74, 6) is -2.01. The summed E-state index contributed by atoms with van der Waals surface area (Å²) in [6.45, 7) is 0.0809. The molecule has 0 unspecified atom stereocenters. The summed E-state index contributed by atoms with van der Waals surface area (Å²) in [5, 5.41) is 21.0. The van der Waals surface area contributed by atoms with Gasteiger partial charge in [0.1, 0.15) is 5.82 Å². The zero-order chi connectivity index (χ0) is 22.1. The minimum absolute atomic E-state index is 0.0809. The van der Waals surface area contributed by atoms with Crippen LogP contribution >= 0.6 is 15.9 Å². The van der Waals surface area contributed by atoms with Crippen LogP contribution in [0.3, 0.4) is 0 Å². The molecule has 1 fully saturated rings. The minimum atomic E-state index is -3.86. The molecular formula is C15H17BrFN7O5S. The fourth-order valence-electron chi connectivity index (χ4n) is 2.78. The van der Waals surface area contributed by atoms with Gasteiger partial charge in [-0.1, -0.05) is 10.3 Å². The van der Waals surface area contributed by atoms with Gasteiger partial charge in [-0.05, 0) is 53.4 Å². The summed E-state index contributed by atoms with van der Waals surface area (Å²) in [7, 11) is -3.86. The van der Waals surface area contributed by atoms with Crippen molar-refractivity contribution in [3.63, 3.8) is 0 Å². The molecule has 15 heteroatoms. The van der Waals surface area contributed by atoms with Crippen molar-refractivity contribution in [2.24, 2.45) is 21.0 Å². The van der Waals surface area contributed by atoms with Crippen LogP contribution in [0.4, 0.5) is 4.39 Å². The fraction of sp³-hybridized carbons (Fsp3) is 0.333. The topological polar surface area (TPSA) is 191 Å². The molecule has 0 bridgehead atoms.